The average Bonchev–Trinajstić information content (AvgIpc) is 2.99. The number of thiazole rings is 1. The third-order valence-electron chi connectivity index (χ3n) is 3.87. The van der Waals surface area contributed by atoms with Crippen molar-refractivity contribution in [3.05, 3.63) is 65.7 Å². The van der Waals surface area contributed by atoms with Crippen molar-refractivity contribution in [1.29, 1.82) is 0 Å². The number of hydrogen-bond donors (Lipinski definition) is 1. The molecule has 4 rings (SSSR count). The Morgan fingerprint density at radius 1 is 1.08 bits per heavy atom. The fourth-order valence-electron chi connectivity index (χ4n) is 2.72. The van der Waals surface area contributed by atoms with E-state index in [-0.39, 0.29) is 12.5 Å². The summed E-state index contributed by atoms with van der Waals surface area (Å²) in [6, 6.07) is 19.6. The Labute approximate surface area is 149 Å². The number of nitrogens with zero attached hydrogens (tertiary/aromatic N) is 1. The molecule has 0 spiro atoms. The Bertz CT molecular complexity index is 1070. The lowest BCUT2D eigenvalue weighted by molar-refractivity contribution is -0.118. The summed E-state index contributed by atoms with van der Waals surface area (Å²) < 4.78 is 6.68. The van der Waals surface area contributed by atoms with Crippen LogP contribution in [0.1, 0.15) is 5.01 Å². The maximum Gasteiger partial charge on any atom is 0.262 e. The van der Waals surface area contributed by atoms with Crippen molar-refractivity contribution in [2.24, 2.45) is 0 Å². The van der Waals surface area contributed by atoms with Crippen LogP contribution in [0.5, 0.6) is 5.75 Å². The normalized spacial score (nSPS) is 10.9. The fourth-order valence-corrected chi connectivity index (χ4v) is 3.59. The van der Waals surface area contributed by atoms with E-state index in [9.17, 15) is 4.79 Å². The third kappa shape index (κ3) is 3.46. The van der Waals surface area contributed by atoms with Crippen molar-refractivity contribution >= 4 is 43.9 Å². The smallest absolute Gasteiger partial charge is 0.262 e. The molecule has 1 aromatic heterocycles. The average molecular weight is 348 g/mol. The number of fused-ring (bicyclic) bond motifs is 2. The van der Waals surface area contributed by atoms with Gasteiger partial charge in [-0.3, -0.25) is 4.79 Å². The van der Waals surface area contributed by atoms with Gasteiger partial charge in [-0.2, -0.15) is 0 Å². The molecule has 0 saturated heterocycles. The molecule has 1 N–H and O–H groups in total. The van der Waals surface area contributed by atoms with Crippen LogP contribution in [0.25, 0.3) is 21.0 Å². The molecular formula is C20H16N2O2S. The van der Waals surface area contributed by atoms with E-state index in [2.05, 4.69) is 10.3 Å². The molecule has 1 heterocycles. The molecule has 5 heteroatoms. The minimum Gasteiger partial charge on any atom is -0.484 e. The van der Waals surface area contributed by atoms with Gasteiger partial charge < -0.3 is 10.1 Å². The number of amides is 1. The van der Waals surface area contributed by atoms with E-state index in [0.717, 1.165) is 31.7 Å². The third-order valence-corrected chi connectivity index (χ3v) is 4.80. The van der Waals surface area contributed by atoms with Gasteiger partial charge >= 0.3 is 0 Å². The number of nitrogens with one attached hydrogen (secondary N) is 1. The molecule has 3 aromatic carbocycles. The highest BCUT2D eigenvalue weighted by Crippen LogP contribution is 2.25. The molecule has 0 aliphatic carbocycles. The summed E-state index contributed by atoms with van der Waals surface area (Å²) in [7, 11) is 0. The summed E-state index contributed by atoms with van der Waals surface area (Å²) in [5, 5.41) is 6.11. The van der Waals surface area contributed by atoms with E-state index in [0.29, 0.717) is 5.75 Å². The van der Waals surface area contributed by atoms with Crippen molar-refractivity contribution in [2.75, 3.05) is 11.9 Å². The van der Waals surface area contributed by atoms with Crippen molar-refractivity contribution in [2.45, 2.75) is 6.92 Å². The van der Waals surface area contributed by atoms with Gasteiger partial charge in [0, 0.05) is 5.69 Å². The van der Waals surface area contributed by atoms with E-state index < -0.39 is 0 Å². The first-order valence-electron chi connectivity index (χ1n) is 7.96. The van der Waals surface area contributed by atoms with Gasteiger partial charge in [0.2, 0.25) is 0 Å². The molecule has 0 unspecified atom stereocenters. The van der Waals surface area contributed by atoms with Gasteiger partial charge in [0.25, 0.3) is 5.91 Å². The van der Waals surface area contributed by atoms with Crippen LogP contribution < -0.4 is 10.1 Å². The zero-order chi connectivity index (χ0) is 17.2. The molecule has 0 atom stereocenters. The lowest BCUT2D eigenvalue weighted by Gasteiger charge is -2.08. The number of rotatable bonds is 4. The molecule has 4 nitrogen and oxygen atoms in total. The first kappa shape index (κ1) is 15.6. The van der Waals surface area contributed by atoms with Crippen LogP contribution in [0, 0.1) is 6.92 Å². The van der Waals surface area contributed by atoms with E-state index >= 15 is 0 Å². The zero-order valence-electron chi connectivity index (χ0n) is 13.7. The number of aryl methyl sites for hydroxylation is 1. The lowest BCUT2D eigenvalue weighted by atomic mass is 10.1. The van der Waals surface area contributed by atoms with Crippen molar-refractivity contribution in [1.82, 2.24) is 4.98 Å². The summed E-state index contributed by atoms with van der Waals surface area (Å²) >= 11 is 1.61. The Kier molecular flexibility index (Phi) is 4.07. The summed E-state index contributed by atoms with van der Waals surface area (Å²) in [6.07, 6.45) is 0. The highest BCUT2D eigenvalue weighted by molar-refractivity contribution is 7.18. The molecule has 124 valence electrons. The van der Waals surface area contributed by atoms with Crippen LogP contribution >= 0.6 is 11.3 Å². The summed E-state index contributed by atoms with van der Waals surface area (Å²) in [5.41, 5.74) is 1.70. The maximum atomic E-state index is 12.1. The standard InChI is InChI=1S/C20H16N2O2S/c1-13-21-18-9-7-16(11-19(18)25-13)22-20(23)12-24-17-8-6-14-4-2-3-5-15(14)10-17/h2-11H,12H2,1H3,(H,22,23). The highest BCUT2D eigenvalue weighted by atomic mass is 32.1. The van der Waals surface area contributed by atoms with Gasteiger partial charge in [0.15, 0.2) is 6.61 Å². The van der Waals surface area contributed by atoms with Crippen LogP contribution in [0.4, 0.5) is 5.69 Å². The summed E-state index contributed by atoms with van der Waals surface area (Å²) in [4.78, 5) is 16.6. The van der Waals surface area contributed by atoms with Gasteiger partial charge in [-0.1, -0.05) is 30.3 Å². The Morgan fingerprint density at radius 3 is 2.80 bits per heavy atom. The Hall–Kier alpha value is -2.92. The predicted molar refractivity (Wildman–Crippen MR) is 102 cm³/mol. The predicted octanol–water partition coefficient (Wildman–Crippen LogP) is 4.78. The summed E-state index contributed by atoms with van der Waals surface area (Å²) in [5.74, 6) is 0.496. The monoisotopic (exact) mass is 348 g/mol. The largest absolute Gasteiger partial charge is 0.484 e. The lowest BCUT2D eigenvalue weighted by Crippen LogP contribution is -2.20. The molecule has 0 fully saturated rings. The number of benzene rings is 3. The van der Waals surface area contributed by atoms with Crippen LogP contribution in [0.3, 0.4) is 0 Å². The topological polar surface area (TPSA) is 51.2 Å². The van der Waals surface area contributed by atoms with Crippen molar-refractivity contribution < 1.29 is 9.53 Å². The molecule has 0 radical (unpaired) electrons. The molecular weight excluding hydrogens is 332 g/mol. The minimum atomic E-state index is -0.186. The van der Waals surface area contributed by atoms with E-state index in [4.69, 9.17) is 4.74 Å². The number of aromatic nitrogens is 1. The Balaban J connectivity index is 1.42. The number of anilines is 1. The van der Waals surface area contributed by atoms with Gasteiger partial charge in [0.05, 0.1) is 15.2 Å². The van der Waals surface area contributed by atoms with Gasteiger partial charge in [0.1, 0.15) is 5.75 Å². The number of ether oxygens (including phenoxy) is 1. The molecule has 0 saturated carbocycles. The molecule has 0 aliphatic rings. The van der Waals surface area contributed by atoms with Gasteiger partial charge in [-0.15, -0.1) is 11.3 Å². The molecule has 0 bridgehead atoms. The minimum absolute atomic E-state index is 0.0297. The second kappa shape index (κ2) is 6.53. The molecule has 25 heavy (non-hydrogen) atoms. The van der Waals surface area contributed by atoms with Crippen LogP contribution in [-0.2, 0) is 4.79 Å². The number of hydrogen-bond acceptors (Lipinski definition) is 4. The van der Waals surface area contributed by atoms with Crippen LogP contribution in [0.15, 0.2) is 60.7 Å². The molecule has 4 aromatic rings. The summed E-state index contributed by atoms with van der Waals surface area (Å²) in [6.45, 7) is 1.94. The van der Waals surface area contributed by atoms with Gasteiger partial charge in [-0.05, 0) is 48.0 Å². The van der Waals surface area contributed by atoms with Gasteiger partial charge in [-0.25, -0.2) is 4.98 Å². The van der Waals surface area contributed by atoms with Crippen molar-refractivity contribution in [3.8, 4) is 5.75 Å². The quantitative estimate of drug-likeness (QED) is 0.578. The Morgan fingerprint density at radius 2 is 1.92 bits per heavy atom. The molecule has 1 amide bonds. The highest BCUT2D eigenvalue weighted by Gasteiger charge is 2.07. The maximum absolute atomic E-state index is 12.1. The SMILES string of the molecule is Cc1nc2ccc(NC(=O)COc3ccc4ccccc4c3)cc2s1. The first-order valence-corrected chi connectivity index (χ1v) is 8.78. The van der Waals surface area contributed by atoms with Crippen molar-refractivity contribution in [3.63, 3.8) is 0 Å². The zero-order valence-corrected chi connectivity index (χ0v) is 14.5. The van der Waals surface area contributed by atoms with Crippen LogP contribution in [-0.4, -0.2) is 17.5 Å². The second-order valence-electron chi connectivity index (χ2n) is 5.76. The second-order valence-corrected chi connectivity index (χ2v) is 7.00. The van der Waals surface area contributed by atoms with E-state index in [1.807, 2.05) is 67.6 Å². The van der Waals surface area contributed by atoms with E-state index in [1.165, 1.54) is 0 Å². The first-order chi connectivity index (χ1) is 12.2. The number of carbonyl (C=O) groups is 1. The fraction of sp³-hybridized carbons (Fsp3) is 0.100. The number of carbonyl (C=O) groups excluding carboxylic acids is 1. The van der Waals surface area contributed by atoms with Crippen LogP contribution in [0.2, 0.25) is 0 Å². The molecule has 0 aliphatic heterocycles. The van der Waals surface area contributed by atoms with E-state index in [1.54, 1.807) is 11.3 Å².